The summed E-state index contributed by atoms with van der Waals surface area (Å²) in [4.78, 5) is 18.2. The third-order valence-corrected chi connectivity index (χ3v) is 3.73. The average Bonchev–Trinajstić information content (AvgIpc) is 2.46. The van der Waals surface area contributed by atoms with E-state index < -0.39 is 0 Å². The third kappa shape index (κ3) is 4.31. The molecule has 4 heteroatoms. The van der Waals surface area contributed by atoms with Crippen molar-refractivity contribution in [1.29, 1.82) is 0 Å². The van der Waals surface area contributed by atoms with Crippen molar-refractivity contribution in [3.63, 3.8) is 0 Å². The molecule has 1 aromatic rings. The number of amides is 1. The van der Waals surface area contributed by atoms with Gasteiger partial charge in [-0.05, 0) is 43.5 Å². The Morgan fingerprint density at radius 2 is 2.26 bits per heavy atom. The first kappa shape index (κ1) is 14.0. The quantitative estimate of drug-likeness (QED) is 0.873. The molecule has 19 heavy (non-hydrogen) atoms. The van der Waals surface area contributed by atoms with Gasteiger partial charge in [-0.2, -0.15) is 0 Å². The third-order valence-electron chi connectivity index (χ3n) is 3.73. The smallest absolute Gasteiger partial charge is 0.227 e. The number of hydrogen-bond donors (Lipinski definition) is 1. The van der Waals surface area contributed by atoms with E-state index in [2.05, 4.69) is 17.2 Å². The molecule has 0 atom stereocenters. The summed E-state index contributed by atoms with van der Waals surface area (Å²) in [7, 11) is 0. The van der Waals surface area contributed by atoms with Crippen LogP contribution in [0.25, 0.3) is 0 Å². The number of nitrogens with zero attached hydrogens (tertiary/aromatic N) is 2. The Bertz CT molecular complexity index is 386. The summed E-state index contributed by atoms with van der Waals surface area (Å²) >= 11 is 0. The van der Waals surface area contributed by atoms with Crippen LogP contribution in [0.4, 0.5) is 0 Å². The monoisotopic (exact) mass is 261 g/mol. The van der Waals surface area contributed by atoms with E-state index in [1.807, 2.05) is 17.0 Å². The first-order valence-corrected chi connectivity index (χ1v) is 7.17. The standard InChI is InChI=1S/C15H23N3O/c1-2-16-11-13-5-8-18(9-6-13)15(19)10-14-4-3-7-17-12-14/h3-4,7,12-13,16H,2,5-6,8-11H2,1H3. The Morgan fingerprint density at radius 1 is 1.47 bits per heavy atom. The van der Waals surface area contributed by atoms with E-state index in [-0.39, 0.29) is 5.91 Å². The van der Waals surface area contributed by atoms with Crippen LogP contribution >= 0.6 is 0 Å². The molecule has 1 amide bonds. The van der Waals surface area contributed by atoms with Crippen LogP contribution in [0, 0.1) is 5.92 Å². The fourth-order valence-electron chi connectivity index (χ4n) is 2.52. The maximum absolute atomic E-state index is 12.2. The fourth-order valence-corrected chi connectivity index (χ4v) is 2.52. The van der Waals surface area contributed by atoms with E-state index >= 15 is 0 Å². The molecule has 1 saturated heterocycles. The minimum Gasteiger partial charge on any atom is -0.342 e. The molecular weight excluding hydrogens is 238 g/mol. The number of carbonyl (C=O) groups is 1. The molecule has 0 spiro atoms. The van der Waals surface area contributed by atoms with Gasteiger partial charge >= 0.3 is 0 Å². The SMILES string of the molecule is CCNCC1CCN(C(=O)Cc2cccnc2)CC1. The van der Waals surface area contributed by atoms with E-state index in [9.17, 15) is 4.79 Å². The van der Waals surface area contributed by atoms with Crippen LogP contribution in [0.5, 0.6) is 0 Å². The van der Waals surface area contributed by atoms with Crippen LogP contribution in [-0.4, -0.2) is 42.0 Å². The number of rotatable bonds is 5. The zero-order valence-electron chi connectivity index (χ0n) is 11.6. The Morgan fingerprint density at radius 3 is 2.89 bits per heavy atom. The Labute approximate surface area is 115 Å². The first-order valence-electron chi connectivity index (χ1n) is 7.17. The molecule has 0 aromatic carbocycles. The van der Waals surface area contributed by atoms with Crippen molar-refractivity contribution in [2.45, 2.75) is 26.2 Å². The van der Waals surface area contributed by atoms with Crippen LogP contribution in [0.3, 0.4) is 0 Å². The normalized spacial score (nSPS) is 16.6. The zero-order valence-corrected chi connectivity index (χ0v) is 11.6. The largest absolute Gasteiger partial charge is 0.342 e. The Kier molecular flexibility index (Phi) is 5.33. The van der Waals surface area contributed by atoms with Gasteiger partial charge in [0, 0.05) is 25.5 Å². The number of aromatic nitrogens is 1. The van der Waals surface area contributed by atoms with E-state index in [0.29, 0.717) is 6.42 Å². The summed E-state index contributed by atoms with van der Waals surface area (Å²) in [5.74, 6) is 0.956. The molecule has 0 bridgehead atoms. The molecule has 104 valence electrons. The van der Waals surface area contributed by atoms with Gasteiger partial charge < -0.3 is 10.2 Å². The van der Waals surface area contributed by atoms with Crippen molar-refractivity contribution in [2.24, 2.45) is 5.92 Å². The summed E-state index contributed by atoms with van der Waals surface area (Å²) in [6, 6.07) is 3.84. The maximum atomic E-state index is 12.2. The minimum atomic E-state index is 0.231. The van der Waals surface area contributed by atoms with Gasteiger partial charge in [0.2, 0.25) is 5.91 Å². The van der Waals surface area contributed by atoms with Crippen molar-refractivity contribution < 1.29 is 4.79 Å². The van der Waals surface area contributed by atoms with E-state index in [1.165, 1.54) is 0 Å². The first-order chi connectivity index (χ1) is 9.29. The molecule has 1 fully saturated rings. The molecule has 0 radical (unpaired) electrons. The van der Waals surface area contributed by atoms with Crippen LogP contribution in [0.2, 0.25) is 0 Å². The van der Waals surface area contributed by atoms with Gasteiger partial charge in [0.1, 0.15) is 0 Å². The Balaban J connectivity index is 1.76. The van der Waals surface area contributed by atoms with Crippen molar-refractivity contribution >= 4 is 5.91 Å². The summed E-state index contributed by atoms with van der Waals surface area (Å²) in [5, 5.41) is 3.39. The number of carbonyl (C=O) groups excluding carboxylic acids is 1. The van der Waals surface area contributed by atoms with Crippen LogP contribution in [-0.2, 0) is 11.2 Å². The lowest BCUT2D eigenvalue weighted by molar-refractivity contribution is -0.131. The van der Waals surface area contributed by atoms with Gasteiger partial charge in [-0.15, -0.1) is 0 Å². The number of nitrogens with one attached hydrogen (secondary N) is 1. The van der Waals surface area contributed by atoms with Crippen molar-refractivity contribution in [2.75, 3.05) is 26.2 Å². The number of likely N-dealkylation sites (tertiary alicyclic amines) is 1. The number of piperidine rings is 1. The molecule has 1 N–H and O–H groups in total. The molecule has 1 aliphatic heterocycles. The van der Waals surface area contributed by atoms with Crippen molar-refractivity contribution in [3.05, 3.63) is 30.1 Å². The average molecular weight is 261 g/mol. The van der Waals surface area contributed by atoms with Crippen molar-refractivity contribution in [3.8, 4) is 0 Å². The van der Waals surface area contributed by atoms with Gasteiger partial charge in [0.25, 0.3) is 0 Å². The lowest BCUT2D eigenvalue weighted by Crippen LogP contribution is -2.41. The molecule has 0 saturated carbocycles. The van der Waals surface area contributed by atoms with Gasteiger partial charge in [0.05, 0.1) is 6.42 Å². The topological polar surface area (TPSA) is 45.2 Å². The lowest BCUT2D eigenvalue weighted by Gasteiger charge is -2.32. The van der Waals surface area contributed by atoms with E-state index in [4.69, 9.17) is 0 Å². The maximum Gasteiger partial charge on any atom is 0.227 e. The van der Waals surface area contributed by atoms with E-state index in [0.717, 1.165) is 50.5 Å². The van der Waals surface area contributed by atoms with Crippen LogP contribution < -0.4 is 5.32 Å². The molecule has 1 aromatic heterocycles. The Hall–Kier alpha value is -1.42. The minimum absolute atomic E-state index is 0.231. The van der Waals surface area contributed by atoms with Crippen molar-refractivity contribution in [1.82, 2.24) is 15.2 Å². The van der Waals surface area contributed by atoms with Crippen LogP contribution in [0.1, 0.15) is 25.3 Å². The number of hydrogen-bond acceptors (Lipinski definition) is 3. The van der Waals surface area contributed by atoms with Gasteiger partial charge in [0.15, 0.2) is 0 Å². The highest BCUT2D eigenvalue weighted by Crippen LogP contribution is 2.17. The van der Waals surface area contributed by atoms with Crippen LogP contribution in [0.15, 0.2) is 24.5 Å². The molecule has 0 aliphatic carbocycles. The molecule has 2 heterocycles. The fraction of sp³-hybridized carbons (Fsp3) is 0.600. The highest BCUT2D eigenvalue weighted by Gasteiger charge is 2.22. The highest BCUT2D eigenvalue weighted by atomic mass is 16.2. The predicted molar refractivity (Wildman–Crippen MR) is 75.8 cm³/mol. The summed E-state index contributed by atoms with van der Waals surface area (Å²) < 4.78 is 0. The predicted octanol–water partition coefficient (Wildman–Crippen LogP) is 1.47. The molecule has 0 unspecified atom stereocenters. The summed E-state index contributed by atoms with van der Waals surface area (Å²) in [5.41, 5.74) is 1.00. The highest BCUT2D eigenvalue weighted by molar-refractivity contribution is 5.78. The molecule has 1 aliphatic rings. The molecule has 2 rings (SSSR count). The van der Waals surface area contributed by atoms with Gasteiger partial charge in [-0.3, -0.25) is 9.78 Å². The summed E-state index contributed by atoms with van der Waals surface area (Å²) in [6.45, 7) is 6.04. The summed E-state index contributed by atoms with van der Waals surface area (Å²) in [6.07, 6.45) is 6.22. The molecule has 4 nitrogen and oxygen atoms in total. The molecular formula is C15H23N3O. The van der Waals surface area contributed by atoms with Gasteiger partial charge in [-0.25, -0.2) is 0 Å². The second kappa shape index (κ2) is 7.24. The number of pyridine rings is 1. The van der Waals surface area contributed by atoms with E-state index in [1.54, 1.807) is 12.4 Å². The zero-order chi connectivity index (χ0) is 13.5. The second-order valence-corrected chi connectivity index (χ2v) is 5.17. The second-order valence-electron chi connectivity index (χ2n) is 5.17. The van der Waals surface area contributed by atoms with Gasteiger partial charge in [-0.1, -0.05) is 13.0 Å². The lowest BCUT2D eigenvalue weighted by atomic mass is 9.96.